The van der Waals surface area contributed by atoms with Crippen LogP contribution in [0.25, 0.3) is 0 Å². The van der Waals surface area contributed by atoms with Crippen molar-refractivity contribution in [3.8, 4) is 0 Å². The lowest BCUT2D eigenvalue weighted by Gasteiger charge is -2.38. The first kappa shape index (κ1) is 25.8. The normalized spacial score (nSPS) is 16.0. The molecule has 0 aromatic rings. The van der Waals surface area contributed by atoms with Gasteiger partial charge in [-0.2, -0.15) is 70.2 Å². The smallest absolute Gasteiger partial charge is 0.329 e. The number of alkyl halides is 16. The Kier molecular flexibility index (Phi) is 6.69. The van der Waals surface area contributed by atoms with E-state index in [-0.39, 0.29) is 0 Å². The van der Waals surface area contributed by atoms with E-state index >= 15 is 0 Å². The maximum absolute atomic E-state index is 12.6. The Balaban J connectivity index is 5.99. The zero-order chi connectivity index (χ0) is 22.3. The minimum absolute atomic E-state index is 2.42. The Morgan fingerprint density at radius 3 is 0.741 bits per heavy atom. The lowest BCUT2D eigenvalue weighted by atomic mass is 10.2. The molecule has 0 saturated heterocycles. The molecular formula is C9H4F16O2. The van der Waals surface area contributed by atoms with Crippen LogP contribution in [-0.2, 0) is 9.47 Å². The molecule has 0 heterocycles. The van der Waals surface area contributed by atoms with Gasteiger partial charge < -0.3 is 9.47 Å². The second-order valence-corrected chi connectivity index (χ2v) is 4.59. The van der Waals surface area contributed by atoms with Crippen molar-refractivity contribution in [3.63, 3.8) is 0 Å². The molecular weight excluding hydrogens is 444 g/mol. The largest absolute Gasteiger partial charge is 0.455 e. The highest BCUT2D eigenvalue weighted by Crippen LogP contribution is 2.49. The maximum Gasteiger partial charge on any atom is 0.455 e. The van der Waals surface area contributed by atoms with Gasteiger partial charge in [0.1, 0.15) is 13.2 Å². The molecule has 0 bridgehead atoms. The third-order valence-electron chi connectivity index (χ3n) is 2.49. The Morgan fingerprint density at radius 1 is 0.370 bits per heavy atom. The van der Waals surface area contributed by atoms with E-state index in [0.717, 1.165) is 0 Å². The van der Waals surface area contributed by atoms with Gasteiger partial charge >= 0.3 is 42.3 Å². The zero-order valence-electron chi connectivity index (χ0n) is 11.8. The molecule has 0 saturated carbocycles. The molecule has 0 atom stereocenters. The van der Waals surface area contributed by atoms with Crippen molar-refractivity contribution in [1.82, 2.24) is 0 Å². The quantitative estimate of drug-likeness (QED) is 0.409. The van der Waals surface area contributed by atoms with Crippen LogP contribution in [0.15, 0.2) is 0 Å². The number of rotatable bonds is 6. The number of halogens is 16. The van der Waals surface area contributed by atoms with E-state index in [4.69, 9.17) is 0 Å². The molecule has 0 amide bonds. The standard InChI is InChI=1S/C9H4F16O2/c10-3(11,6(14,15)16)1-26-5(8(20,21)22,9(23,24)25)27-2-4(12,13)7(17,18)19/h1-2H2. The van der Waals surface area contributed by atoms with E-state index in [1.54, 1.807) is 0 Å². The number of hydrogen-bond donors (Lipinski definition) is 0. The van der Waals surface area contributed by atoms with E-state index in [0.29, 0.717) is 0 Å². The Morgan fingerprint density at radius 2 is 0.593 bits per heavy atom. The van der Waals surface area contributed by atoms with Crippen molar-refractivity contribution < 1.29 is 79.7 Å². The molecule has 0 aliphatic heterocycles. The molecule has 0 fully saturated rings. The zero-order valence-corrected chi connectivity index (χ0v) is 11.8. The van der Waals surface area contributed by atoms with Gasteiger partial charge in [-0.25, -0.2) is 0 Å². The third kappa shape index (κ3) is 5.41. The van der Waals surface area contributed by atoms with Crippen molar-refractivity contribution in [2.75, 3.05) is 13.2 Å². The number of ether oxygens (including phenoxy) is 2. The second-order valence-electron chi connectivity index (χ2n) is 4.59. The summed E-state index contributed by atoms with van der Waals surface area (Å²) >= 11 is 0. The molecule has 27 heavy (non-hydrogen) atoms. The summed E-state index contributed by atoms with van der Waals surface area (Å²) in [6.07, 6.45) is -27.9. The van der Waals surface area contributed by atoms with E-state index in [9.17, 15) is 70.2 Å². The third-order valence-corrected chi connectivity index (χ3v) is 2.49. The lowest BCUT2D eigenvalue weighted by Crippen LogP contribution is -2.63. The lowest BCUT2D eigenvalue weighted by molar-refractivity contribution is -0.486. The van der Waals surface area contributed by atoms with Crippen LogP contribution in [-0.4, -0.2) is 55.6 Å². The summed E-state index contributed by atoms with van der Waals surface area (Å²) in [6.45, 7) is -7.51. The van der Waals surface area contributed by atoms with Gasteiger partial charge in [-0.05, 0) is 0 Å². The fourth-order valence-corrected chi connectivity index (χ4v) is 1.08. The van der Waals surface area contributed by atoms with Gasteiger partial charge in [0.05, 0.1) is 0 Å². The molecule has 0 rings (SSSR count). The monoisotopic (exact) mass is 448 g/mol. The van der Waals surface area contributed by atoms with Gasteiger partial charge in [0.25, 0.3) is 0 Å². The van der Waals surface area contributed by atoms with Crippen LogP contribution >= 0.6 is 0 Å². The number of hydrogen-bond acceptors (Lipinski definition) is 2. The first-order valence-corrected chi connectivity index (χ1v) is 5.72. The second kappa shape index (κ2) is 7.00. The van der Waals surface area contributed by atoms with Crippen LogP contribution in [0.3, 0.4) is 0 Å². The summed E-state index contributed by atoms with van der Waals surface area (Å²) in [6, 6.07) is 0. The molecule has 0 aliphatic carbocycles. The summed E-state index contributed by atoms with van der Waals surface area (Å²) in [4.78, 5) is 0. The summed E-state index contributed by atoms with van der Waals surface area (Å²) in [5.74, 6) is -19.4. The van der Waals surface area contributed by atoms with Gasteiger partial charge in [-0.1, -0.05) is 0 Å². The van der Waals surface area contributed by atoms with E-state index in [2.05, 4.69) is 9.47 Å². The summed E-state index contributed by atoms with van der Waals surface area (Å²) in [7, 11) is 0. The molecule has 0 radical (unpaired) electrons. The van der Waals surface area contributed by atoms with Crippen LogP contribution < -0.4 is 0 Å². The van der Waals surface area contributed by atoms with Crippen LogP contribution in [0, 0.1) is 0 Å². The van der Waals surface area contributed by atoms with Crippen molar-refractivity contribution in [2.24, 2.45) is 0 Å². The predicted molar refractivity (Wildman–Crippen MR) is 48.7 cm³/mol. The summed E-state index contributed by atoms with van der Waals surface area (Å²) in [5, 5.41) is 0. The summed E-state index contributed by atoms with van der Waals surface area (Å²) < 4.78 is 202. The first-order valence-electron chi connectivity index (χ1n) is 5.72. The van der Waals surface area contributed by atoms with Crippen LogP contribution in [0.2, 0.25) is 0 Å². The molecule has 2 nitrogen and oxygen atoms in total. The van der Waals surface area contributed by atoms with Crippen molar-refractivity contribution >= 4 is 0 Å². The fourth-order valence-electron chi connectivity index (χ4n) is 1.08. The van der Waals surface area contributed by atoms with Crippen molar-refractivity contribution in [1.29, 1.82) is 0 Å². The predicted octanol–water partition coefficient (Wildman–Crippen LogP) is 5.24. The molecule has 0 aromatic heterocycles. The van der Waals surface area contributed by atoms with E-state index in [1.807, 2.05) is 0 Å². The molecule has 0 aromatic carbocycles. The highest BCUT2D eigenvalue weighted by Gasteiger charge is 2.77. The minimum atomic E-state index is -7.19. The van der Waals surface area contributed by atoms with E-state index < -0.39 is 55.6 Å². The van der Waals surface area contributed by atoms with Crippen LogP contribution in [0.5, 0.6) is 0 Å². The first-order chi connectivity index (χ1) is 11.4. The van der Waals surface area contributed by atoms with Gasteiger partial charge in [0, 0.05) is 0 Å². The molecule has 164 valence electrons. The van der Waals surface area contributed by atoms with Gasteiger partial charge in [-0.3, -0.25) is 0 Å². The van der Waals surface area contributed by atoms with Crippen molar-refractivity contribution in [2.45, 2.75) is 42.3 Å². The minimum Gasteiger partial charge on any atom is -0.329 e. The van der Waals surface area contributed by atoms with Crippen LogP contribution in [0.1, 0.15) is 0 Å². The average Bonchev–Trinajstić information content (AvgIpc) is 2.32. The topological polar surface area (TPSA) is 18.5 Å². The maximum atomic E-state index is 12.6. The molecule has 0 spiro atoms. The molecule has 0 N–H and O–H groups in total. The fraction of sp³-hybridized carbons (Fsp3) is 1.00. The average molecular weight is 448 g/mol. The Labute approximate surface area is 137 Å². The van der Waals surface area contributed by atoms with Crippen molar-refractivity contribution in [3.05, 3.63) is 0 Å². The summed E-state index contributed by atoms with van der Waals surface area (Å²) in [5.41, 5.74) is 0. The van der Waals surface area contributed by atoms with Gasteiger partial charge in [-0.15, -0.1) is 0 Å². The van der Waals surface area contributed by atoms with Gasteiger partial charge in [0.15, 0.2) is 0 Å². The SMILES string of the molecule is FC(F)(F)C(F)(F)COC(OCC(F)(F)C(F)(F)F)(C(F)(F)F)C(F)(F)F. The highest BCUT2D eigenvalue weighted by molar-refractivity contribution is 4.91. The molecule has 0 unspecified atom stereocenters. The van der Waals surface area contributed by atoms with Crippen LogP contribution in [0.4, 0.5) is 70.2 Å². The Hall–Kier alpha value is -1.20. The molecule has 0 aliphatic rings. The molecule has 18 heteroatoms. The van der Waals surface area contributed by atoms with Gasteiger partial charge in [0.2, 0.25) is 0 Å². The van der Waals surface area contributed by atoms with E-state index in [1.165, 1.54) is 0 Å². The Bertz CT molecular complexity index is 448. The highest BCUT2D eigenvalue weighted by atomic mass is 19.4.